The number of nitrogens with one attached hydrogen (secondary N) is 2. The van der Waals surface area contributed by atoms with E-state index in [1.807, 2.05) is 6.07 Å². The molecule has 1 heterocycles. The van der Waals surface area contributed by atoms with E-state index < -0.39 is 0 Å². The fourth-order valence-electron chi connectivity index (χ4n) is 2.02. The van der Waals surface area contributed by atoms with Crippen LogP contribution in [-0.2, 0) is 0 Å². The molecule has 0 aliphatic carbocycles. The van der Waals surface area contributed by atoms with Gasteiger partial charge in [-0.05, 0) is 31.5 Å². The molecule has 2 heteroatoms. The summed E-state index contributed by atoms with van der Waals surface area (Å²) in [6.07, 6.45) is 6.88. The van der Waals surface area contributed by atoms with E-state index in [-0.39, 0.29) is 0 Å². The van der Waals surface area contributed by atoms with Gasteiger partial charge in [0, 0.05) is 12.6 Å². The molecule has 0 bridgehead atoms. The SMILES string of the molecule is C(=Cc1ccccc1)CNC1CCNCC1. The zero-order chi connectivity index (χ0) is 11.1. The molecule has 2 rings (SSSR count). The lowest BCUT2D eigenvalue weighted by Crippen LogP contribution is -2.39. The number of hydrogen-bond donors (Lipinski definition) is 2. The van der Waals surface area contributed by atoms with Crippen LogP contribution in [0.5, 0.6) is 0 Å². The Kier molecular flexibility index (Phi) is 4.59. The standard InChI is InChI=1S/C14H20N2/c1-2-5-13(6-3-1)7-4-10-16-14-8-11-15-12-9-14/h1-7,14-16H,8-12H2. The lowest BCUT2D eigenvalue weighted by Gasteiger charge is -2.23. The van der Waals surface area contributed by atoms with Gasteiger partial charge in [-0.25, -0.2) is 0 Å². The molecule has 2 N–H and O–H groups in total. The van der Waals surface area contributed by atoms with E-state index >= 15 is 0 Å². The molecule has 2 nitrogen and oxygen atoms in total. The maximum Gasteiger partial charge on any atom is 0.0140 e. The monoisotopic (exact) mass is 216 g/mol. The molecule has 0 radical (unpaired) electrons. The molecule has 0 unspecified atom stereocenters. The van der Waals surface area contributed by atoms with Crippen LogP contribution in [0.15, 0.2) is 36.4 Å². The summed E-state index contributed by atoms with van der Waals surface area (Å²) in [6.45, 7) is 3.28. The molecule has 0 amide bonds. The summed E-state index contributed by atoms with van der Waals surface area (Å²) in [5, 5.41) is 6.94. The van der Waals surface area contributed by atoms with Gasteiger partial charge in [-0.1, -0.05) is 42.5 Å². The van der Waals surface area contributed by atoms with Gasteiger partial charge in [0.15, 0.2) is 0 Å². The third-order valence-electron chi connectivity index (χ3n) is 2.97. The van der Waals surface area contributed by atoms with E-state index in [0.29, 0.717) is 6.04 Å². The molecular weight excluding hydrogens is 196 g/mol. The summed E-state index contributed by atoms with van der Waals surface area (Å²) < 4.78 is 0. The highest BCUT2D eigenvalue weighted by atomic mass is 15.0. The summed E-state index contributed by atoms with van der Waals surface area (Å²) in [5.74, 6) is 0. The minimum absolute atomic E-state index is 0.696. The van der Waals surface area contributed by atoms with E-state index in [2.05, 4.69) is 47.1 Å². The Balaban J connectivity index is 1.69. The highest BCUT2D eigenvalue weighted by molar-refractivity contribution is 5.48. The Morgan fingerprint density at radius 3 is 2.69 bits per heavy atom. The van der Waals surface area contributed by atoms with Crippen LogP contribution in [0.2, 0.25) is 0 Å². The van der Waals surface area contributed by atoms with Crippen LogP contribution >= 0.6 is 0 Å². The lowest BCUT2D eigenvalue weighted by molar-refractivity contribution is 0.400. The van der Waals surface area contributed by atoms with E-state index in [4.69, 9.17) is 0 Å². The minimum Gasteiger partial charge on any atom is -0.317 e. The molecule has 1 fully saturated rings. The van der Waals surface area contributed by atoms with E-state index in [1.165, 1.54) is 18.4 Å². The fourth-order valence-corrected chi connectivity index (χ4v) is 2.02. The minimum atomic E-state index is 0.696. The molecule has 0 aromatic heterocycles. The van der Waals surface area contributed by atoms with Gasteiger partial charge in [-0.2, -0.15) is 0 Å². The summed E-state index contributed by atoms with van der Waals surface area (Å²) in [6, 6.07) is 11.1. The van der Waals surface area contributed by atoms with Crippen molar-refractivity contribution in [3.05, 3.63) is 42.0 Å². The summed E-state index contributed by atoms with van der Waals surface area (Å²) in [7, 11) is 0. The van der Waals surface area contributed by atoms with Crippen molar-refractivity contribution in [1.82, 2.24) is 10.6 Å². The highest BCUT2D eigenvalue weighted by Gasteiger charge is 2.10. The van der Waals surface area contributed by atoms with E-state index in [0.717, 1.165) is 19.6 Å². The Labute approximate surface area is 97.8 Å². The van der Waals surface area contributed by atoms with Crippen LogP contribution in [0.4, 0.5) is 0 Å². The molecule has 1 aromatic carbocycles. The van der Waals surface area contributed by atoms with Crippen LogP contribution in [0.1, 0.15) is 18.4 Å². The van der Waals surface area contributed by atoms with Gasteiger partial charge in [-0.15, -0.1) is 0 Å². The first-order valence-corrected chi connectivity index (χ1v) is 6.11. The highest BCUT2D eigenvalue weighted by Crippen LogP contribution is 2.02. The lowest BCUT2D eigenvalue weighted by atomic mass is 10.1. The van der Waals surface area contributed by atoms with Gasteiger partial charge in [0.05, 0.1) is 0 Å². The van der Waals surface area contributed by atoms with Crippen molar-refractivity contribution in [2.75, 3.05) is 19.6 Å². The molecule has 1 saturated heterocycles. The third kappa shape index (κ3) is 3.80. The number of hydrogen-bond acceptors (Lipinski definition) is 2. The fraction of sp³-hybridized carbons (Fsp3) is 0.429. The number of benzene rings is 1. The Hall–Kier alpha value is -1.12. The second kappa shape index (κ2) is 6.46. The van der Waals surface area contributed by atoms with Gasteiger partial charge in [-0.3, -0.25) is 0 Å². The Bertz CT molecular complexity index is 313. The normalized spacial score (nSPS) is 18.0. The number of piperidine rings is 1. The first-order chi connectivity index (χ1) is 7.95. The molecule has 16 heavy (non-hydrogen) atoms. The van der Waals surface area contributed by atoms with Crippen molar-refractivity contribution < 1.29 is 0 Å². The maximum absolute atomic E-state index is 3.57. The second-order valence-electron chi connectivity index (χ2n) is 4.25. The van der Waals surface area contributed by atoms with Crippen molar-refractivity contribution in [2.24, 2.45) is 0 Å². The van der Waals surface area contributed by atoms with E-state index in [1.54, 1.807) is 0 Å². The van der Waals surface area contributed by atoms with Crippen molar-refractivity contribution >= 4 is 6.08 Å². The van der Waals surface area contributed by atoms with Crippen LogP contribution < -0.4 is 10.6 Å². The van der Waals surface area contributed by atoms with Crippen molar-refractivity contribution in [1.29, 1.82) is 0 Å². The van der Waals surface area contributed by atoms with Gasteiger partial charge in [0.1, 0.15) is 0 Å². The molecule has 1 aliphatic rings. The van der Waals surface area contributed by atoms with Gasteiger partial charge in [0.2, 0.25) is 0 Å². The second-order valence-corrected chi connectivity index (χ2v) is 4.25. The first-order valence-electron chi connectivity index (χ1n) is 6.11. The zero-order valence-electron chi connectivity index (χ0n) is 9.65. The molecule has 1 aliphatic heterocycles. The third-order valence-corrected chi connectivity index (χ3v) is 2.97. The Morgan fingerprint density at radius 2 is 1.94 bits per heavy atom. The summed E-state index contributed by atoms with van der Waals surface area (Å²) in [4.78, 5) is 0. The molecule has 0 spiro atoms. The van der Waals surface area contributed by atoms with Gasteiger partial charge in [0.25, 0.3) is 0 Å². The van der Waals surface area contributed by atoms with Crippen LogP contribution in [-0.4, -0.2) is 25.7 Å². The van der Waals surface area contributed by atoms with Crippen molar-refractivity contribution in [2.45, 2.75) is 18.9 Å². The van der Waals surface area contributed by atoms with Crippen LogP contribution in [0.3, 0.4) is 0 Å². The maximum atomic E-state index is 3.57. The van der Waals surface area contributed by atoms with E-state index in [9.17, 15) is 0 Å². The van der Waals surface area contributed by atoms with Crippen molar-refractivity contribution in [3.63, 3.8) is 0 Å². The average Bonchev–Trinajstić information content (AvgIpc) is 2.37. The topological polar surface area (TPSA) is 24.1 Å². The van der Waals surface area contributed by atoms with Gasteiger partial charge < -0.3 is 10.6 Å². The smallest absolute Gasteiger partial charge is 0.0140 e. The average molecular weight is 216 g/mol. The summed E-state index contributed by atoms with van der Waals surface area (Å²) >= 11 is 0. The first kappa shape index (κ1) is 11.4. The zero-order valence-corrected chi connectivity index (χ0v) is 9.65. The van der Waals surface area contributed by atoms with Crippen LogP contribution in [0, 0.1) is 0 Å². The van der Waals surface area contributed by atoms with Crippen LogP contribution in [0.25, 0.3) is 6.08 Å². The quantitative estimate of drug-likeness (QED) is 0.805. The van der Waals surface area contributed by atoms with Gasteiger partial charge >= 0.3 is 0 Å². The molecule has 0 saturated carbocycles. The molecule has 0 atom stereocenters. The number of rotatable bonds is 4. The largest absolute Gasteiger partial charge is 0.317 e. The predicted molar refractivity (Wildman–Crippen MR) is 69.4 cm³/mol. The summed E-state index contributed by atoms with van der Waals surface area (Å²) in [5.41, 5.74) is 1.27. The molecule has 86 valence electrons. The molecular formula is C14H20N2. The van der Waals surface area contributed by atoms with Crippen molar-refractivity contribution in [3.8, 4) is 0 Å². The molecule has 1 aromatic rings. The predicted octanol–water partition coefficient (Wildman–Crippen LogP) is 2.04. The Morgan fingerprint density at radius 1 is 1.19 bits per heavy atom.